The van der Waals surface area contributed by atoms with Crippen LogP contribution in [0.4, 0.5) is 0 Å². The van der Waals surface area contributed by atoms with Crippen molar-refractivity contribution in [3.63, 3.8) is 0 Å². The molecule has 0 saturated carbocycles. The van der Waals surface area contributed by atoms with Crippen molar-refractivity contribution in [1.82, 2.24) is 25.2 Å². The molecular formula is C28H37N5O5. The van der Waals surface area contributed by atoms with Crippen molar-refractivity contribution in [2.75, 3.05) is 27.4 Å². The molecule has 1 aromatic heterocycles. The number of aromatic nitrogens is 3. The minimum absolute atomic E-state index is 0.0767. The summed E-state index contributed by atoms with van der Waals surface area (Å²) in [4.78, 5) is 29.7. The molecule has 2 heterocycles. The Morgan fingerprint density at radius 3 is 2.68 bits per heavy atom. The first-order valence-electron chi connectivity index (χ1n) is 13.0. The third-order valence-electron chi connectivity index (χ3n) is 7.09. The van der Waals surface area contributed by atoms with Gasteiger partial charge in [0.2, 0.25) is 11.8 Å². The van der Waals surface area contributed by atoms with Crippen molar-refractivity contribution < 1.29 is 23.8 Å². The number of fused-ring (bicyclic) bond motifs is 1. The zero-order chi connectivity index (χ0) is 27.3. The van der Waals surface area contributed by atoms with Crippen molar-refractivity contribution in [3.8, 4) is 11.5 Å². The molecule has 2 unspecified atom stereocenters. The molecule has 10 heteroatoms. The van der Waals surface area contributed by atoms with Crippen molar-refractivity contribution in [3.05, 3.63) is 48.0 Å². The number of carbonyl (C=O) groups excluding carboxylic acids is 2. The summed E-state index contributed by atoms with van der Waals surface area (Å²) in [5.74, 6) is 0.471. The third-order valence-corrected chi connectivity index (χ3v) is 7.09. The summed E-state index contributed by atoms with van der Waals surface area (Å²) >= 11 is 0. The number of benzene rings is 2. The van der Waals surface area contributed by atoms with Crippen LogP contribution in [-0.2, 0) is 20.9 Å². The largest absolute Gasteiger partial charge is 0.497 e. The Hall–Kier alpha value is -3.66. The van der Waals surface area contributed by atoms with Crippen LogP contribution in [0.25, 0.3) is 11.0 Å². The van der Waals surface area contributed by atoms with E-state index in [2.05, 4.69) is 15.6 Å². The van der Waals surface area contributed by atoms with Gasteiger partial charge in [-0.25, -0.2) is 4.68 Å². The maximum atomic E-state index is 14.1. The number of methoxy groups -OCH3 is 2. The molecule has 2 amide bonds. The fourth-order valence-electron chi connectivity index (χ4n) is 4.60. The molecule has 1 aliphatic heterocycles. The van der Waals surface area contributed by atoms with Gasteiger partial charge >= 0.3 is 0 Å². The molecule has 2 aromatic carbocycles. The molecule has 1 saturated heterocycles. The first-order chi connectivity index (χ1) is 18.3. The van der Waals surface area contributed by atoms with Crippen LogP contribution in [0.15, 0.2) is 42.5 Å². The van der Waals surface area contributed by atoms with Crippen LogP contribution in [0, 0.1) is 0 Å². The van der Waals surface area contributed by atoms with Crippen LogP contribution in [0.3, 0.4) is 0 Å². The zero-order valence-corrected chi connectivity index (χ0v) is 22.8. The number of rotatable bonds is 11. The van der Waals surface area contributed by atoms with E-state index in [4.69, 9.17) is 14.2 Å². The Morgan fingerprint density at radius 1 is 1.21 bits per heavy atom. The summed E-state index contributed by atoms with van der Waals surface area (Å²) in [6, 6.07) is 11.8. The molecular weight excluding hydrogens is 486 g/mol. The van der Waals surface area contributed by atoms with E-state index in [1.54, 1.807) is 34.9 Å². The first-order valence-corrected chi connectivity index (χ1v) is 13.0. The lowest BCUT2D eigenvalue weighted by atomic mass is 9.97. The van der Waals surface area contributed by atoms with E-state index < -0.39 is 11.6 Å². The average molecular weight is 524 g/mol. The number of hydrogen-bond donors (Lipinski definition) is 1. The predicted octanol–water partition coefficient (Wildman–Crippen LogP) is 3.50. The Morgan fingerprint density at radius 2 is 2.00 bits per heavy atom. The smallest absolute Gasteiger partial charge is 0.248 e. The highest BCUT2D eigenvalue weighted by molar-refractivity contribution is 5.90. The Kier molecular flexibility index (Phi) is 8.51. The Balaban J connectivity index is 1.78. The van der Waals surface area contributed by atoms with Crippen molar-refractivity contribution in [1.29, 1.82) is 0 Å². The van der Waals surface area contributed by atoms with Gasteiger partial charge in [0.05, 0.1) is 25.8 Å². The number of carbonyl (C=O) groups is 2. The highest BCUT2D eigenvalue weighted by atomic mass is 16.5. The summed E-state index contributed by atoms with van der Waals surface area (Å²) < 4.78 is 18.5. The molecule has 204 valence electrons. The number of hydrogen-bond acceptors (Lipinski definition) is 7. The molecule has 38 heavy (non-hydrogen) atoms. The van der Waals surface area contributed by atoms with Gasteiger partial charge < -0.3 is 24.4 Å². The van der Waals surface area contributed by atoms with Crippen LogP contribution in [-0.4, -0.2) is 70.7 Å². The first kappa shape index (κ1) is 27.4. The molecule has 0 radical (unpaired) electrons. The fourth-order valence-corrected chi connectivity index (χ4v) is 4.60. The van der Waals surface area contributed by atoms with Gasteiger partial charge in [-0.2, -0.15) is 0 Å². The van der Waals surface area contributed by atoms with Gasteiger partial charge in [0, 0.05) is 30.3 Å². The lowest BCUT2D eigenvalue weighted by molar-refractivity contribution is -0.144. The summed E-state index contributed by atoms with van der Waals surface area (Å²) in [6.45, 7) is 6.74. The molecule has 0 spiro atoms. The van der Waals surface area contributed by atoms with Gasteiger partial charge in [-0.1, -0.05) is 24.3 Å². The zero-order valence-electron chi connectivity index (χ0n) is 22.8. The predicted molar refractivity (Wildman–Crippen MR) is 143 cm³/mol. The summed E-state index contributed by atoms with van der Waals surface area (Å²) in [7, 11) is 3.11. The van der Waals surface area contributed by atoms with Crippen molar-refractivity contribution in [2.45, 2.75) is 64.3 Å². The van der Waals surface area contributed by atoms with E-state index in [1.807, 2.05) is 45.0 Å². The summed E-state index contributed by atoms with van der Waals surface area (Å²) in [5.41, 5.74) is 1.53. The number of nitrogens with one attached hydrogen (secondary N) is 1. The van der Waals surface area contributed by atoms with Gasteiger partial charge in [0.15, 0.2) is 0 Å². The van der Waals surface area contributed by atoms with E-state index in [-0.39, 0.29) is 31.0 Å². The highest BCUT2D eigenvalue weighted by Gasteiger charge is 2.38. The fraction of sp³-hybridized carbons (Fsp3) is 0.500. The lowest BCUT2D eigenvalue weighted by Gasteiger charge is -2.36. The van der Waals surface area contributed by atoms with Crippen LogP contribution >= 0.6 is 0 Å². The molecule has 1 fully saturated rings. The molecule has 1 N–H and O–H groups in total. The molecule has 1 aliphatic rings. The normalized spacial score (nSPS) is 16.3. The second-order valence-electron chi connectivity index (χ2n) is 10.2. The minimum Gasteiger partial charge on any atom is -0.497 e. The maximum absolute atomic E-state index is 14.1. The van der Waals surface area contributed by atoms with Gasteiger partial charge in [0.1, 0.15) is 29.6 Å². The second kappa shape index (κ2) is 11.8. The van der Waals surface area contributed by atoms with Gasteiger partial charge in [-0.05, 0) is 57.4 Å². The van der Waals surface area contributed by atoms with Crippen LogP contribution < -0.4 is 14.8 Å². The van der Waals surface area contributed by atoms with Crippen LogP contribution in [0.5, 0.6) is 11.5 Å². The Bertz CT molecular complexity index is 1270. The van der Waals surface area contributed by atoms with Gasteiger partial charge in [-0.3, -0.25) is 9.59 Å². The topological polar surface area (TPSA) is 108 Å². The van der Waals surface area contributed by atoms with E-state index >= 15 is 0 Å². The monoisotopic (exact) mass is 523 g/mol. The Labute approximate surface area is 223 Å². The third kappa shape index (κ3) is 6.07. The highest BCUT2D eigenvalue weighted by Crippen LogP contribution is 2.35. The van der Waals surface area contributed by atoms with Crippen LogP contribution in [0.2, 0.25) is 0 Å². The molecule has 0 aliphatic carbocycles. The van der Waals surface area contributed by atoms with Gasteiger partial charge in [0.25, 0.3) is 0 Å². The molecule has 4 rings (SSSR count). The van der Waals surface area contributed by atoms with Crippen molar-refractivity contribution >= 4 is 22.8 Å². The standard InChI is InChI=1S/C28H37N5O5/c1-6-28(2,3)29-27(35)26(21-14-13-19(36-4)16-24(21)37-5)32(17-20-10-9-15-38-20)25(34)18-33-23-12-8-7-11-22(23)30-31-33/h7-8,11-14,16,20,26H,6,9-10,15,17-18H2,1-5H3,(H,29,35). The minimum atomic E-state index is -0.965. The quantitative estimate of drug-likeness (QED) is 0.410. The second-order valence-corrected chi connectivity index (χ2v) is 10.2. The maximum Gasteiger partial charge on any atom is 0.248 e. The van der Waals surface area contributed by atoms with Crippen LogP contribution in [0.1, 0.15) is 51.6 Å². The van der Waals surface area contributed by atoms with E-state index in [0.29, 0.717) is 29.2 Å². The number of nitrogens with zero attached hydrogens (tertiary/aromatic N) is 4. The molecule has 10 nitrogen and oxygen atoms in total. The van der Waals surface area contributed by atoms with E-state index in [0.717, 1.165) is 24.8 Å². The SMILES string of the molecule is CCC(C)(C)NC(=O)C(c1ccc(OC)cc1OC)N(CC1CCCO1)C(=O)Cn1nnc2ccccc21. The molecule has 0 bridgehead atoms. The number of ether oxygens (including phenoxy) is 3. The van der Waals surface area contributed by atoms with Crippen molar-refractivity contribution in [2.24, 2.45) is 0 Å². The summed E-state index contributed by atoms with van der Waals surface area (Å²) in [6.07, 6.45) is 2.26. The van der Waals surface area contributed by atoms with Gasteiger partial charge in [-0.15, -0.1) is 5.10 Å². The molecule has 2 atom stereocenters. The average Bonchev–Trinajstić information content (AvgIpc) is 3.58. The number of amides is 2. The number of para-hydroxylation sites is 1. The molecule has 3 aromatic rings. The summed E-state index contributed by atoms with van der Waals surface area (Å²) in [5, 5.41) is 11.5. The van der Waals surface area contributed by atoms with E-state index in [9.17, 15) is 9.59 Å². The lowest BCUT2D eigenvalue weighted by Crippen LogP contribution is -2.52. The van der Waals surface area contributed by atoms with E-state index in [1.165, 1.54) is 7.11 Å².